The van der Waals surface area contributed by atoms with E-state index in [0.29, 0.717) is 18.5 Å². The fourth-order valence-corrected chi connectivity index (χ4v) is 3.63. The Hall–Kier alpha value is -1.49. The molecule has 0 spiro atoms. The molecule has 1 amide bonds. The van der Waals surface area contributed by atoms with E-state index in [1.54, 1.807) is 30.0 Å². The van der Waals surface area contributed by atoms with E-state index in [9.17, 15) is 9.59 Å². The summed E-state index contributed by atoms with van der Waals surface area (Å²) >= 11 is 1.70. The first-order valence-corrected chi connectivity index (χ1v) is 7.75. The number of rotatable bonds is 5. The maximum Gasteiger partial charge on any atom is 0.335 e. The SMILES string of the molecule is CC1(C(=O)NCCc2ccccc2C(=O)O)CCCS1. The lowest BCUT2D eigenvalue weighted by molar-refractivity contribution is -0.123. The number of benzene rings is 1. The highest BCUT2D eigenvalue weighted by Gasteiger charge is 2.36. The second-order valence-corrected chi connectivity index (χ2v) is 6.75. The highest BCUT2D eigenvalue weighted by atomic mass is 32.2. The minimum absolute atomic E-state index is 0.0628. The molecule has 2 rings (SSSR count). The smallest absolute Gasteiger partial charge is 0.335 e. The molecule has 5 heteroatoms. The summed E-state index contributed by atoms with van der Waals surface area (Å²) in [6.07, 6.45) is 2.53. The molecule has 0 radical (unpaired) electrons. The Morgan fingerprint density at radius 1 is 1.40 bits per heavy atom. The van der Waals surface area contributed by atoms with Crippen LogP contribution in [0.4, 0.5) is 0 Å². The molecule has 20 heavy (non-hydrogen) atoms. The van der Waals surface area contributed by atoms with Gasteiger partial charge in [0.2, 0.25) is 5.91 Å². The van der Waals surface area contributed by atoms with Gasteiger partial charge < -0.3 is 10.4 Å². The largest absolute Gasteiger partial charge is 0.478 e. The van der Waals surface area contributed by atoms with Crippen LogP contribution in [0.25, 0.3) is 0 Å². The van der Waals surface area contributed by atoms with Crippen molar-refractivity contribution in [1.29, 1.82) is 0 Å². The van der Waals surface area contributed by atoms with Crippen LogP contribution in [0.5, 0.6) is 0 Å². The van der Waals surface area contributed by atoms with Gasteiger partial charge in [-0.2, -0.15) is 0 Å². The van der Waals surface area contributed by atoms with E-state index in [0.717, 1.165) is 24.2 Å². The normalized spacial score (nSPS) is 21.6. The Kier molecular flexibility index (Phi) is 4.70. The van der Waals surface area contributed by atoms with Gasteiger partial charge in [0.25, 0.3) is 0 Å². The van der Waals surface area contributed by atoms with Crippen molar-refractivity contribution in [3.63, 3.8) is 0 Å². The van der Waals surface area contributed by atoms with E-state index in [1.165, 1.54) is 0 Å². The van der Waals surface area contributed by atoms with Crippen molar-refractivity contribution in [2.24, 2.45) is 0 Å². The van der Waals surface area contributed by atoms with Crippen LogP contribution >= 0.6 is 11.8 Å². The van der Waals surface area contributed by atoms with Gasteiger partial charge in [-0.15, -0.1) is 11.8 Å². The molecule has 1 unspecified atom stereocenters. The van der Waals surface area contributed by atoms with Crippen LogP contribution in [0.1, 0.15) is 35.7 Å². The van der Waals surface area contributed by atoms with Crippen molar-refractivity contribution in [3.8, 4) is 0 Å². The molecule has 1 atom stereocenters. The minimum Gasteiger partial charge on any atom is -0.478 e. The number of aromatic carboxylic acids is 1. The van der Waals surface area contributed by atoms with Crippen LogP contribution in [0.15, 0.2) is 24.3 Å². The van der Waals surface area contributed by atoms with Gasteiger partial charge in [-0.3, -0.25) is 4.79 Å². The molecule has 0 saturated carbocycles. The Labute approximate surface area is 123 Å². The molecule has 1 heterocycles. The van der Waals surface area contributed by atoms with E-state index < -0.39 is 5.97 Å². The standard InChI is InChI=1S/C15H19NO3S/c1-15(8-4-10-20-15)14(19)16-9-7-11-5-2-3-6-12(11)13(17)18/h2-3,5-6H,4,7-10H2,1H3,(H,16,19)(H,17,18). The maximum atomic E-state index is 12.1. The van der Waals surface area contributed by atoms with Crippen molar-refractivity contribution in [1.82, 2.24) is 5.32 Å². The molecule has 1 fully saturated rings. The number of hydrogen-bond donors (Lipinski definition) is 2. The van der Waals surface area contributed by atoms with Gasteiger partial charge in [0.1, 0.15) is 0 Å². The molecule has 0 bridgehead atoms. The lowest BCUT2D eigenvalue weighted by Crippen LogP contribution is -2.41. The highest BCUT2D eigenvalue weighted by Crippen LogP contribution is 2.37. The van der Waals surface area contributed by atoms with Crippen molar-refractivity contribution in [2.75, 3.05) is 12.3 Å². The average Bonchev–Trinajstić information content (AvgIpc) is 2.87. The fourth-order valence-electron chi connectivity index (χ4n) is 2.40. The molecule has 1 aromatic rings. The van der Waals surface area contributed by atoms with Crippen LogP contribution < -0.4 is 5.32 Å². The average molecular weight is 293 g/mol. The molecule has 0 aromatic heterocycles. The number of carboxylic acids is 1. The van der Waals surface area contributed by atoms with Crippen LogP contribution in [0.2, 0.25) is 0 Å². The zero-order valence-corrected chi connectivity index (χ0v) is 12.3. The van der Waals surface area contributed by atoms with E-state index in [4.69, 9.17) is 5.11 Å². The van der Waals surface area contributed by atoms with Crippen LogP contribution in [-0.4, -0.2) is 34.0 Å². The van der Waals surface area contributed by atoms with E-state index in [-0.39, 0.29) is 10.7 Å². The quantitative estimate of drug-likeness (QED) is 0.874. The van der Waals surface area contributed by atoms with Gasteiger partial charge in [-0.05, 0) is 43.6 Å². The Morgan fingerprint density at radius 2 is 2.15 bits per heavy atom. The maximum absolute atomic E-state index is 12.1. The number of hydrogen-bond acceptors (Lipinski definition) is 3. The summed E-state index contributed by atoms with van der Waals surface area (Å²) in [4.78, 5) is 23.2. The monoisotopic (exact) mass is 293 g/mol. The zero-order valence-electron chi connectivity index (χ0n) is 11.5. The van der Waals surface area contributed by atoms with Gasteiger partial charge in [0, 0.05) is 6.54 Å². The number of thioether (sulfide) groups is 1. The Balaban J connectivity index is 1.90. The summed E-state index contributed by atoms with van der Waals surface area (Å²) in [5, 5.41) is 12.0. The molecular formula is C15H19NO3S. The van der Waals surface area contributed by atoms with E-state index in [1.807, 2.05) is 13.0 Å². The lowest BCUT2D eigenvalue weighted by Gasteiger charge is -2.21. The predicted octanol–water partition coefficient (Wildman–Crippen LogP) is 2.33. The van der Waals surface area contributed by atoms with Crippen molar-refractivity contribution >= 4 is 23.6 Å². The first-order valence-electron chi connectivity index (χ1n) is 6.76. The summed E-state index contributed by atoms with van der Waals surface area (Å²) < 4.78 is -0.313. The van der Waals surface area contributed by atoms with Gasteiger partial charge in [-0.1, -0.05) is 18.2 Å². The first-order chi connectivity index (χ1) is 9.53. The van der Waals surface area contributed by atoms with Crippen LogP contribution in [0.3, 0.4) is 0 Å². The van der Waals surface area contributed by atoms with Gasteiger partial charge >= 0.3 is 5.97 Å². The summed E-state index contributed by atoms with van der Waals surface area (Å²) in [5.74, 6) is 0.171. The molecule has 0 aliphatic carbocycles. The van der Waals surface area contributed by atoms with Gasteiger partial charge in [0.05, 0.1) is 10.3 Å². The molecule has 1 saturated heterocycles. The minimum atomic E-state index is -0.926. The second-order valence-electron chi connectivity index (χ2n) is 5.15. The molecule has 1 aromatic carbocycles. The van der Waals surface area contributed by atoms with Gasteiger partial charge in [-0.25, -0.2) is 4.79 Å². The third kappa shape index (κ3) is 3.33. The Morgan fingerprint density at radius 3 is 2.80 bits per heavy atom. The number of nitrogens with one attached hydrogen (secondary N) is 1. The van der Waals surface area contributed by atoms with Crippen molar-refractivity contribution in [2.45, 2.75) is 30.9 Å². The summed E-state index contributed by atoms with van der Waals surface area (Å²) in [5.41, 5.74) is 1.06. The summed E-state index contributed by atoms with van der Waals surface area (Å²) in [6, 6.07) is 6.91. The summed E-state index contributed by atoms with van der Waals surface area (Å²) in [7, 11) is 0. The number of carboxylic acid groups (broad SMARTS) is 1. The molecule has 1 aliphatic rings. The van der Waals surface area contributed by atoms with Crippen LogP contribution in [0, 0.1) is 0 Å². The second kappa shape index (κ2) is 6.31. The van der Waals surface area contributed by atoms with Crippen LogP contribution in [-0.2, 0) is 11.2 Å². The Bertz CT molecular complexity index is 510. The number of carbonyl (C=O) groups is 2. The third-order valence-corrected chi connectivity index (χ3v) is 5.15. The molecule has 1 aliphatic heterocycles. The predicted molar refractivity (Wildman–Crippen MR) is 80.2 cm³/mol. The number of amides is 1. The molecular weight excluding hydrogens is 274 g/mol. The van der Waals surface area contributed by atoms with E-state index in [2.05, 4.69) is 5.32 Å². The van der Waals surface area contributed by atoms with E-state index >= 15 is 0 Å². The summed E-state index contributed by atoms with van der Waals surface area (Å²) in [6.45, 7) is 2.45. The molecule has 2 N–H and O–H groups in total. The van der Waals surface area contributed by atoms with Crippen molar-refractivity contribution in [3.05, 3.63) is 35.4 Å². The van der Waals surface area contributed by atoms with Crippen molar-refractivity contribution < 1.29 is 14.7 Å². The van der Waals surface area contributed by atoms with Gasteiger partial charge in [0.15, 0.2) is 0 Å². The third-order valence-electron chi connectivity index (χ3n) is 3.63. The highest BCUT2D eigenvalue weighted by molar-refractivity contribution is 8.01. The fraction of sp³-hybridized carbons (Fsp3) is 0.467. The first kappa shape index (κ1) is 14.9. The topological polar surface area (TPSA) is 66.4 Å². The molecule has 4 nitrogen and oxygen atoms in total. The zero-order chi connectivity index (χ0) is 14.6. The number of carbonyl (C=O) groups excluding carboxylic acids is 1. The molecule has 108 valence electrons. The lowest BCUT2D eigenvalue weighted by atomic mass is 10.0.